The highest BCUT2D eigenvalue weighted by molar-refractivity contribution is 8.15. The van der Waals surface area contributed by atoms with Gasteiger partial charge in [-0.1, -0.05) is 78.8 Å². The van der Waals surface area contributed by atoms with Crippen LogP contribution in [0.1, 0.15) is 30.5 Å². The third-order valence-electron chi connectivity index (χ3n) is 5.59. The normalized spacial score (nSPS) is 17.4. The van der Waals surface area contributed by atoms with Gasteiger partial charge < -0.3 is 5.32 Å². The molecule has 0 radical (unpaired) electrons. The van der Waals surface area contributed by atoms with Gasteiger partial charge in [-0.25, -0.2) is 14.9 Å². The minimum Gasteiger partial charge on any atom is -0.325 e. The first-order valence-corrected chi connectivity index (χ1v) is 12.2. The first-order chi connectivity index (χ1) is 16.5. The van der Waals surface area contributed by atoms with Crippen LogP contribution in [-0.2, 0) is 9.59 Å². The van der Waals surface area contributed by atoms with Gasteiger partial charge in [0.2, 0.25) is 5.91 Å². The lowest BCUT2D eigenvalue weighted by atomic mass is 10.1. The van der Waals surface area contributed by atoms with Crippen molar-refractivity contribution in [1.82, 2.24) is 4.90 Å². The Balaban J connectivity index is 1.46. The van der Waals surface area contributed by atoms with Crippen LogP contribution in [0, 0.1) is 0 Å². The van der Waals surface area contributed by atoms with E-state index in [-0.39, 0.29) is 11.8 Å². The van der Waals surface area contributed by atoms with E-state index in [0.29, 0.717) is 28.1 Å². The summed E-state index contributed by atoms with van der Waals surface area (Å²) in [5, 5.41) is 3.45. The molecule has 34 heavy (non-hydrogen) atoms. The summed E-state index contributed by atoms with van der Waals surface area (Å²) in [6.45, 7) is 1.93. The Kier molecular flexibility index (Phi) is 6.22. The number of rotatable bonds is 5. The summed E-state index contributed by atoms with van der Waals surface area (Å²) < 4.78 is 0. The summed E-state index contributed by atoms with van der Waals surface area (Å²) in [6.07, 6.45) is 0.550. The average Bonchev–Trinajstić information content (AvgIpc) is 3.20. The molecule has 170 valence electrons. The molecule has 0 fully saturated rings. The third kappa shape index (κ3) is 4.24. The Hall–Kier alpha value is -3.42. The molecule has 2 amide bonds. The Morgan fingerprint density at radius 3 is 2.62 bits per heavy atom. The number of hydrogen-bond acceptors (Lipinski definition) is 5. The molecule has 0 saturated carbocycles. The van der Waals surface area contributed by atoms with Crippen molar-refractivity contribution in [3.05, 3.63) is 95.0 Å². The molecule has 0 unspecified atom stereocenters. The second kappa shape index (κ2) is 9.44. The molecule has 0 saturated heterocycles. The van der Waals surface area contributed by atoms with E-state index in [1.54, 1.807) is 29.2 Å². The smallest absolute Gasteiger partial charge is 0.263 e. The van der Waals surface area contributed by atoms with E-state index < -0.39 is 11.3 Å². The van der Waals surface area contributed by atoms with Gasteiger partial charge in [0.15, 0.2) is 11.2 Å². The van der Waals surface area contributed by atoms with Crippen LogP contribution >= 0.6 is 23.4 Å². The maximum atomic E-state index is 13.5. The lowest BCUT2D eigenvalue weighted by Crippen LogP contribution is -2.41. The summed E-state index contributed by atoms with van der Waals surface area (Å²) in [4.78, 5) is 37.7. The van der Waals surface area contributed by atoms with E-state index in [1.807, 2.05) is 61.5 Å². The largest absolute Gasteiger partial charge is 0.325 e. The van der Waals surface area contributed by atoms with E-state index in [1.165, 1.54) is 11.8 Å². The molecule has 2 heterocycles. The van der Waals surface area contributed by atoms with E-state index in [4.69, 9.17) is 21.6 Å². The number of amides is 2. The molecule has 0 aromatic heterocycles. The highest BCUT2D eigenvalue weighted by Gasteiger charge is 2.43. The molecule has 2 aliphatic heterocycles. The molecule has 2 atom stereocenters. The van der Waals surface area contributed by atoms with E-state index in [0.717, 1.165) is 16.8 Å². The molecular weight excluding hydrogens is 468 g/mol. The zero-order valence-corrected chi connectivity index (χ0v) is 19.9. The number of halogens is 1. The standard InChI is InChI=1S/C26H21ClN4O2S/c1-2-21(24(32)28-18-12-8-11-17(27)15-18)34-26-29-20-14-7-6-13-19(20)23-30-22(25(33)31(23)26)16-9-4-3-5-10-16/h3-15,21-22H,2H2,1H3,(H,28,32)/t21-,22-/m0/s1. The minimum atomic E-state index is -0.645. The summed E-state index contributed by atoms with van der Waals surface area (Å²) in [7, 11) is 0. The molecule has 3 aromatic rings. The number of benzene rings is 3. The van der Waals surface area contributed by atoms with E-state index >= 15 is 0 Å². The fraction of sp³-hybridized carbons (Fsp3) is 0.154. The molecule has 0 bridgehead atoms. The van der Waals surface area contributed by atoms with Crippen LogP contribution < -0.4 is 5.32 Å². The van der Waals surface area contributed by atoms with Crippen molar-refractivity contribution in [3.8, 4) is 0 Å². The molecule has 0 aliphatic carbocycles. The van der Waals surface area contributed by atoms with Gasteiger partial charge in [-0.3, -0.25) is 9.59 Å². The molecule has 0 spiro atoms. The number of para-hydroxylation sites is 1. The van der Waals surface area contributed by atoms with Gasteiger partial charge in [-0.15, -0.1) is 0 Å². The Bertz CT molecular complexity index is 1330. The monoisotopic (exact) mass is 488 g/mol. The average molecular weight is 489 g/mol. The molecule has 3 aromatic carbocycles. The van der Waals surface area contributed by atoms with Crippen LogP contribution in [-0.4, -0.2) is 33.0 Å². The fourth-order valence-corrected chi connectivity index (χ4v) is 5.13. The predicted molar refractivity (Wildman–Crippen MR) is 138 cm³/mol. The molecule has 8 heteroatoms. The van der Waals surface area contributed by atoms with Crippen molar-refractivity contribution in [3.63, 3.8) is 0 Å². The number of fused-ring (bicyclic) bond motifs is 3. The van der Waals surface area contributed by atoms with Gasteiger partial charge in [0, 0.05) is 16.3 Å². The van der Waals surface area contributed by atoms with E-state index in [9.17, 15) is 9.59 Å². The number of anilines is 1. The van der Waals surface area contributed by atoms with Crippen LogP contribution in [0.5, 0.6) is 0 Å². The Morgan fingerprint density at radius 2 is 1.85 bits per heavy atom. The number of hydrogen-bond donors (Lipinski definition) is 1. The minimum absolute atomic E-state index is 0.174. The Labute approximate surface area is 206 Å². The van der Waals surface area contributed by atoms with Gasteiger partial charge in [-0.2, -0.15) is 0 Å². The van der Waals surface area contributed by atoms with Crippen LogP contribution in [0.3, 0.4) is 0 Å². The summed E-state index contributed by atoms with van der Waals surface area (Å²) in [5.74, 6) is 0.213. The summed E-state index contributed by atoms with van der Waals surface area (Å²) >= 11 is 7.32. The predicted octanol–water partition coefficient (Wildman–Crippen LogP) is 5.82. The third-order valence-corrected chi connectivity index (χ3v) is 7.14. The maximum absolute atomic E-state index is 13.5. The van der Waals surface area contributed by atoms with Gasteiger partial charge >= 0.3 is 0 Å². The van der Waals surface area contributed by atoms with Crippen molar-refractivity contribution in [2.45, 2.75) is 24.6 Å². The zero-order chi connectivity index (χ0) is 23.7. The van der Waals surface area contributed by atoms with Crippen molar-refractivity contribution >= 4 is 57.6 Å². The van der Waals surface area contributed by atoms with Crippen molar-refractivity contribution < 1.29 is 9.59 Å². The van der Waals surface area contributed by atoms with Crippen molar-refractivity contribution in [2.24, 2.45) is 9.98 Å². The van der Waals surface area contributed by atoms with Gasteiger partial charge in [0.25, 0.3) is 5.91 Å². The molecule has 5 rings (SSSR count). The zero-order valence-electron chi connectivity index (χ0n) is 18.3. The first kappa shape index (κ1) is 22.4. The first-order valence-electron chi connectivity index (χ1n) is 10.9. The number of nitrogens with one attached hydrogen (secondary N) is 1. The summed E-state index contributed by atoms with van der Waals surface area (Å²) in [5.41, 5.74) is 2.97. The number of carbonyl (C=O) groups excluding carboxylic acids is 2. The second-order valence-electron chi connectivity index (χ2n) is 7.87. The van der Waals surface area contributed by atoms with Crippen LogP contribution in [0.2, 0.25) is 5.02 Å². The number of carbonyl (C=O) groups is 2. The number of aliphatic imine (C=N–C) groups is 2. The van der Waals surface area contributed by atoms with Crippen LogP contribution in [0.25, 0.3) is 0 Å². The van der Waals surface area contributed by atoms with Crippen LogP contribution in [0.15, 0.2) is 88.8 Å². The molecule has 2 aliphatic rings. The molecule has 6 nitrogen and oxygen atoms in total. The van der Waals surface area contributed by atoms with Crippen molar-refractivity contribution in [1.29, 1.82) is 0 Å². The second-order valence-corrected chi connectivity index (χ2v) is 9.47. The lowest BCUT2D eigenvalue weighted by molar-refractivity contribution is -0.124. The highest BCUT2D eigenvalue weighted by atomic mass is 35.5. The van der Waals surface area contributed by atoms with Gasteiger partial charge in [-0.05, 0) is 42.3 Å². The number of thioether (sulfide) groups is 1. The molecular formula is C26H21ClN4O2S. The van der Waals surface area contributed by atoms with Gasteiger partial charge in [0.05, 0.1) is 10.9 Å². The summed E-state index contributed by atoms with van der Waals surface area (Å²) in [6, 6.07) is 23.5. The number of amidine groups is 2. The lowest BCUT2D eigenvalue weighted by Gasteiger charge is -2.27. The highest BCUT2D eigenvalue weighted by Crippen LogP contribution is 2.38. The topological polar surface area (TPSA) is 74.1 Å². The molecule has 1 N–H and O–H groups in total. The van der Waals surface area contributed by atoms with Crippen molar-refractivity contribution in [2.75, 3.05) is 5.32 Å². The van der Waals surface area contributed by atoms with Crippen LogP contribution in [0.4, 0.5) is 11.4 Å². The maximum Gasteiger partial charge on any atom is 0.263 e. The fourth-order valence-electron chi connectivity index (χ4n) is 3.92. The Morgan fingerprint density at radius 1 is 1.09 bits per heavy atom. The quantitative estimate of drug-likeness (QED) is 0.491. The van der Waals surface area contributed by atoms with E-state index in [2.05, 4.69) is 5.32 Å². The number of nitrogens with zero attached hydrogens (tertiary/aromatic N) is 3. The SMILES string of the molecule is CC[C@H](SC1=Nc2ccccc2C2=N[C@@H](c3ccccc3)C(=O)N12)C(=O)Nc1cccc(Cl)c1. The van der Waals surface area contributed by atoms with Gasteiger partial charge in [0.1, 0.15) is 5.84 Å².